The van der Waals surface area contributed by atoms with Crippen LogP contribution in [0.25, 0.3) is 21.8 Å². The summed E-state index contributed by atoms with van der Waals surface area (Å²) in [6, 6.07) is 12.3. The summed E-state index contributed by atoms with van der Waals surface area (Å²) in [5.41, 5.74) is 6.09. The molecule has 0 bridgehead atoms. The van der Waals surface area contributed by atoms with Crippen LogP contribution in [-0.4, -0.2) is 40.5 Å². The number of nitrogens with zero attached hydrogens (tertiary/aromatic N) is 3. The zero-order valence-electron chi connectivity index (χ0n) is 19.6. The Morgan fingerprint density at radius 1 is 1.09 bits per heavy atom. The van der Waals surface area contributed by atoms with Crippen LogP contribution in [0.5, 0.6) is 0 Å². The second kappa shape index (κ2) is 9.58. The molecular weight excluding hydrogens is 416 g/mol. The van der Waals surface area contributed by atoms with Gasteiger partial charge in [-0.3, -0.25) is 9.59 Å². The number of hydrogen-bond acceptors (Lipinski definition) is 4. The van der Waals surface area contributed by atoms with Crippen molar-refractivity contribution in [1.29, 1.82) is 0 Å². The Labute approximate surface area is 193 Å². The highest BCUT2D eigenvalue weighted by atomic mass is 16.5. The fraction of sp³-hybridized carbons (Fsp3) is 0.346. The molecule has 1 N–H and O–H groups in total. The largest absolute Gasteiger partial charge is 0.385 e. The molecule has 4 rings (SSSR count). The quantitative estimate of drug-likeness (QED) is 0.421. The number of methoxy groups -OCH3 is 1. The zero-order chi connectivity index (χ0) is 23.5. The summed E-state index contributed by atoms with van der Waals surface area (Å²) in [6.07, 6.45) is 2.41. The molecule has 0 aliphatic heterocycles. The van der Waals surface area contributed by atoms with E-state index in [1.54, 1.807) is 13.3 Å². The number of para-hydroxylation sites is 1. The molecule has 2 heterocycles. The smallest absolute Gasteiger partial charge is 0.291 e. The van der Waals surface area contributed by atoms with E-state index in [-0.39, 0.29) is 18.0 Å². The van der Waals surface area contributed by atoms with Crippen LogP contribution < -0.4 is 10.9 Å². The van der Waals surface area contributed by atoms with E-state index >= 15 is 0 Å². The van der Waals surface area contributed by atoms with Gasteiger partial charge in [-0.25, -0.2) is 4.68 Å². The minimum Gasteiger partial charge on any atom is -0.385 e. The van der Waals surface area contributed by atoms with Gasteiger partial charge < -0.3 is 14.6 Å². The summed E-state index contributed by atoms with van der Waals surface area (Å²) in [5.74, 6) is -0.243. The fourth-order valence-electron chi connectivity index (χ4n) is 4.52. The van der Waals surface area contributed by atoms with Gasteiger partial charge in [0.1, 0.15) is 12.1 Å². The molecule has 2 aromatic heterocycles. The molecule has 0 radical (unpaired) electrons. The maximum absolute atomic E-state index is 13.5. The molecule has 2 aromatic carbocycles. The highest BCUT2D eigenvalue weighted by Gasteiger charge is 2.18. The molecule has 0 fully saturated rings. The minimum absolute atomic E-state index is 0.119. The van der Waals surface area contributed by atoms with Crippen LogP contribution in [-0.2, 0) is 22.6 Å². The number of aryl methyl sites for hydroxylation is 3. The van der Waals surface area contributed by atoms with Crippen molar-refractivity contribution in [1.82, 2.24) is 19.7 Å². The third kappa shape index (κ3) is 4.54. The first kappa shape index (κ1) is 22.7. The maximum atomic E-state index is 13.5. The number of nitrogens with one attached hydrogen (secondary N) is 1. The lowest BCUT2D eigenvalue weighted by Crippen LogP contribution is -2.34. The van der Waals surface area contributed by atoms with Gasteiger partial charge in [0.15, 0.2) is 0 Å². The van der Waals surface area contributed by atoms with Crippen molar-refractivity contribution in [2.45, 2.75) is 40.3 Å². The normalized spacial score (nSPS) is 11.4. The van der Waals surface area contributed by atoms with E-state index in [0.29, 0.717) is 31.6 Å². The highest BCUT2D eigenvalue weighted by molar-refractivity contribution is 6.07. The van der Waals surface area contributed by atoms with Gasteiger partial charge in [0.05, 0.1) is 6.20 Å². The number of aromatic nitrogens is 3. The lowest BCUT2D eigenvalue weighted by atomic mass is 10.00. The molecule has 0 aliphatic rings. The number of ether oxygens (including phenoxy) is 1. The van der Waals surface area contributed by atoms with E-state index in [2.05, 4.69) is 47.9 Å². The molecule has 7 nitrogen and oxygen atoms in total. The van der Waals surface area contributed by atoms with E-state index in [0.717, 1.165) is 16.3 Å². The van der Waals surface area contributed by atoms with Crippen molar-refractivity contribution in [2.24, 2.45) is 0 Å². The van der Waals surface area contributed by atoms with Crippen LogP contribution in [0.1, 0.15) is 28.7 Å². The molecule has 0 unspecified atom stereocenters. The molecule has 0 aliphatic carbocycles. The van der Waals surface area contributed by atoms with Gasteiger partial charge in [-0.2, -0.15) is 5.10 Å². The van der Waals surface area contributed by atoms with E-state index in [1.807, 2.05) is 24.3 Å². The predicted molar refractivity (Wildman–Crippen MR) is 131 cm³/mol. The zero-order valence-corrected chi connectivity index (χ0v) is 19.6. The first-order valence-electron chi connectivity index (χ1n) is 11.2. The molecular formula is C26H30N4O3. The third-order valence-corrected chi connectivity index (χ3v) is 6.07. The number of carbonyl (C=O) groups excluding carboxylic acids is 1. The Balaban J connectivity index is 1.78. The summed E-state index contributed by atoms with van der Waals surface area (Å²) in [5, 5.41) is 8.91. The number of amides is 1. The van der Waals surface area contributed by atoms with Gasteiger partial charge >= 0.3 is 0 Å². The molecule has 172 valence electrons. The number of hydrogen-bond donors (Lipinski definition) is 1. The number of carbonyl (C=O) groups is 1. The standard InChI is InChI=1S/C26H30N4O3/c1-17-12-18(2)22(19(3)13-17)15-29-23-9-6-5-8-20(23)21-14-28-30(26(32)25(21)29)16-24(31)27-10-7-11-33-4/h5-6,8-9,12-14H,7,10-11,15-16H2,1-4H3,(H,27,31). The first-order chi connectivity index (χ1) is 15.9. The second-order valence-corrected chi connectivity index (χ2v) is 8.55. The summed E-state index contributed by atoms with van der Waals surface area (Å²) >= 11 is 0. The summed E-state index contributed by atoms with van der Waals surface area (Å²) < 4.78 is 8.31. The lowest BCUT2D eigenvalue weighted by Gasteiger charge is -2.14. The average Bonchev–Trinajstić information content (AvgIpc) is 3.10. The van der Waals surface area contributed by atoms with Gasteiger partial charge in [0.2, 0.25) is 5.91 Å². The van der Waals surface area contributed by atoms with Gasteiger partial charge in [0, 0.05) is 43.1 Å². The SMILES string of the molecule is COCCCNC(=O)Cn1ncc2c3ccccc3n(Cc3c(C)cc(C)cc3C)c2c1=O. The molecule has 0 saturated carbocycles. The van der Waals surface area contributed by atoms with E-state index in [1.165, 1.54) is 26.9 Å². The summed E-state index contributed by atoms with van der Waals surface area (Å²) in [7, 11) is 1.62. The van der Waals surface area contributed by atoms with Crippen molar-refractivity contribution in [2.75, 3.05) is 20.3 Å². The molecule has 1 amide bonds. The summed E-state index contributed by atoms with van der Waals surface area (Å²) in [6.45, 7) is 7.83. The van der Waals surface area contributed by atoms with Gasteiger partial charge in [0.25, 0.3) is 5.56 Å². The number of rotatable bonds is 8. The third-order valence-electron chi connectivity index (χ3n) is 6.07. The van der Waals surface area contributed by atoms with Crippen molar-refractivity contribution < 1.29 is 9.53 Å². The monoisotopic (exact) mass is 446 g/mol. The Hall–Kier alpha value is -3.45. The van der Waals surface area contributed by atoms with Gasteiger partial charge in [-0.15, -0.1) is 0 Å². The van der Waals surface area contributed by atoms with Crippen molar-refractivity contribution in [3.05, 3.63) is 75.2 Å². The van der Waals surface area contributed by atoms with Crippen LogP contribution in [0.4, 0.5) is 0 Å². The van der Waals surface area contributed by atoms with Crippen LogP contribution >= 0.6 is 0 Å². The second-order valence-electron chi connectivity index (χ2n) is 8.55. The van der Waals surface area contributed by atoms with Crippen molar-refractivity contribution in [3.8, 4) is 0 Å². The van der Waals surface area contributed by atoms with Crippen LogP contribution in [0.2, 0.25) is 0 Å². The Morgan fingerprint density at radius 2 is 1.82 bits per heavy atom. The van der Waals surface area contributed by atoms with Crippen LogP contribution in [0.3, 0.4) is 0 Å². The van der Waals surface area contributed by atoms with E-state index in [4.69, 9.17) is 4.74 Å². The number of benzene rings is 2. The van der Waals surface area contributed by atoms with Crippen LogP contribution in [0, 0.1) is 20.8 Å². The first-order valence-corrected chi connectivity index (χ1v) is 11.2. The lowest BCUT2D eigenvalue weighted by molar-refractivity contribution is -0.121. The molecule has 33 heavy (non-hydrogen) atoms. The molecule has 7 heteroatoms. The number of fused-ring (bicyclic) bond motifs is 3. The van der Waals surface area contributed by atoms with Crippen molar-refractivity contribution >= 4 is 27.7 Å². The fourth-order valence-corrected chi connectivity index (χ4v) is 4.52. The Morgan fingerprint density at radius 3 is 2.55 bits per heavy atom. The molecule has 0 atom stereocenters. The summed E-state index contributed by atoms with van der Waals surface area (Å²) in [4.78, 5) is 25.9. The van der Waals surface area contributed by atoms with E-state index in [9.17, 15) is 9.59 Å². The minimum atomic E-state index is -0.266. The van der Waals surface area contributed by atoms with Gasteiger partial charge in [-0.1, -0.05) is 35.9 Å². The Bertz CT molecular complexity index is 1360. The van der Waals surface area contributed by atoms with Gasteiger partial charge in [-0.05, 0) is 49.9 Å². The van der Waals surface area contributed by atoms with E-state index < -0.39 is 0 Å². The average molecular weight is 447 g/mol. The van der Waals surface area contributed by atoms with Crippen molar-refractivity contribution in [3.63, 3.8) is 0 Å². The predicted octanol–water partition coefficient (Wildman–Crippen LogP) is 3.48. The Kier molecular flexibility index (Phi) is 6.60. The topological polar surface area (TPSA) is 78.2 Å². The highest BCUT2D eigenvalue weighted by Crippen LogP contribution is 2.28. The molecule has 4 aromatic rings. The molecule has 0 saturated heterocycles. The maximum Gasteiger partial charge on any atom is 0.291 e. The molecule has 0 spiro atoms. The van der Waals surface area contributed by atoms with Crippen LogP contribution in [0.15, 0.2) is 47.4 Å².